The third-order valence-corrected chi connectivity index (χ3v) is 2.30. The number of rotatable bonds is 2. The lowest BCUT2D eigenvalue weighted by Crippen LogP contribution is -2.41. The van der Waals surface area contributed by atoms with E-state index in [0.717, 1.165) is 0 Å². The summed E-state index contributed by atoms with van der Waals surface area (Å²) in [6.45, 7) is 1.62. The molecule has 0 aromatic heterocycles. The summed E-state index contributed by atoms with van der Waals surface area (Å²) >= 11 is 5.74. The SMILES string of the molecule is C[C@H](C#N)NC(=O)N(C)c1ccc(Cl)cc1. The van der Waals surface area contributed by atoms with Crippen LogP contribution in [-0.4, -0.2) is 19.1 Å². The number of carbonyl (C=O) groups is 1. The Morgan fingerprint density at radius 1 is 1.50 bits per heavy atom. The van der Waals surface area contributed by atoms with E-state index in [4.69, 9.17) is 16.9 Å². The van der Waals surface area contributed by atoms with Crippen molar-refractivity contribution in [2.45, 2.75) is 13.0 Å². The van der Waals surface area contributed by atoms with Crippen LogP contribution in [0.5, 0.6) is 0 Å². The second-order valence-electron chi connectivity index (χ2n) is 3.34. The van der Waals surface area contributed by atoms with Crippen LogP contribution in [0.25, 0.3) is 0 Å². The predicted octanol–water partition coefficient (Wildman–Crippen LogP) is 2.40. The van der Waals surface area contributed by atoms with Gasteiger partial charge in [-0.2, -0.15) is 5.26 Å². The van der Waals surface area contributed by atoms with E-state index in [0.29, 0.717) is 10.7 Å². The van der Waals surface area contributed by atoms with Gasteiger partial charge in [-0.15, -0.1) is 0 Å². The van der Waals surface area contributed by atoms with E-state index in [1.54, 1.807) is 38.2 Å². The molecule has 1 aromatic rings. The highest BCUT2D eigenvalue weighted by molar-refractivity contribution is 6.30. The standard InChI is InChI=1S/C11H12ClN3O/c1-8(7-13)14-11(16)15(2)10-5-3-9(12)4-6-10/h3-6,8H,1-2H3,(H,14,16)/t8-/m1/s1. The van der Waals surface area contributed by atoms with Crippen LogP contribution in [0.1, 0.15) is 6.92 Å². The molecule has 0 aliphatic heterocycles. The van der Waals surface area contributed by atoms with Crippen LogP contribution in [0.15, 0.2) is 24.3 Å². The Bertz CT molecular complexity index is 410. The van der Waals surface area contributed by atoms with Gasteiger partial charge in [0.2, 0.25) is 0 Å². The number of urea groups is 1. The second kappa shape index (κ2) is 5.38. The highest BCUT2D eigenvalue weighted by Crippen LogP contribution is 2.16. The number of amides is 2. The van der Waals surface area contributed by atoms with Gasteiger partial charge in [-0.25, -0.2) is 4.79 Å². The van der Waals surface area contributed by atoms with Gasteiger partial charge in [-0.05, 0) is 31.2 Å². The molecule has 0 saturated heterocycles. The maximum atomic E-state index is 11.6. The third kappa shape index (κ3) is 3.14. The molecule has 1 rings (SSSR count). The number of nitriles is 1. The van der Waals surface area contributed by atoms with Gasteiger partial charge in [-0.1, -0.05) is 11.6 Å². The van der Waals surface area contributed by atoms with Crippen LogP contribution in [0, 0.1) is 11.3 Å². The fraction of sp³-hybridized carbons (Fsp3) is 0.273. The van der Waals surface area contributed by atoms with Crippen LogP contribution in [0.3, 0.4) is 0 Å². The predicted molar refractivity (Wildman–Crippen MR) is 63.5 cm³/mol. The molecule has 0 aliphatic carbocycles. The normalized spacial score (nSPS) is 11.4. The minimum absolute atomic E-state index is 0.323. The van der Waals surface area contributed by atoms with E-state index in [-0.39, 0.29) is 6.03 Å². The van der Waals surface area contributed by atoms with Gasteiger partial charge in [-0.3, -0.25) is 4.90 Å². The Labute approximate surface area is 99.4 Å². The molecule has 0 heterocycles. The van der Waals surface area contributed by atoms with Crippen LogP contribution in [0.2, 0.25) is 5.02 Å². The Hall–Kier alpha value is -1.73. The molecule has 16 heavy (non-hydrogen) atoms. The Morgan fingerprint density at radius 2 is 2.06 bits per heavy atom. The van der Waals surface area contributed by atoms with Gasteiger partial charge in [0.15, 0.2) is 0 Å². The van der Waals surface area contributed by atoms with E-state index in [1.165, 1.54) is 4.90 Å². The minimum Gasteiger partial charge on any atom is -0.322 e. The summed E-state index contributed by atoms with van der Waals surface area (Å²) in [6, 6.07) is 7.97. The van der Waals surface area contributed by atoms with Crippen LogP contribution in [-0.2, 0) is 0 Å². The van der Waals surface area contributed by atoms with Crippen molar-refractivity contribution in [1.29, 1.82) is 5.26 Å². The summed E-state index contributed by atoms with van der Waals surface area (Å²) < 4.78 is 0. The third-order valence-electron chi connectivity index (χ3n) is 2.05. The van der Waals surface area contributed by atoms with Gasteiger partial charge in [0.1, 0.15) is 6.04 Å². The lowest BCUT2D eigenvalue weighted by Gasteiger charge is -2.18. The number of benzene rings is 1. The first-order chi connectivity index (χ1) is 7.54. The summed E-state index contributed by atoms with van der Waals surface area (Å²) in [6.07, 6.45) is 0. The second-order valence-corrected chi connectivity index (χ2v) is 3.77. The highest BCUT2D eigenvalue weighted by atomic mass is 35.5. The first kappa shape index (κ1) is 12.3. The topological polar surface area (TPSA) is 56.1 Å². The zero-order valence-electron chi connectivity index (χ0n) is 9.07. The van der Waals surface area contributed by atoms with Crippen molar-refractivity contribution in [3.8, 4) is 6.07 Å². The van der Waals surface area contributed by atoms with Gasteiger partial charge < -0.3 is 5.32 Å². The molecular formula is C11H12ClN3O. The minimum atomic E-state index is -0.512. The number of hydrogen-bond acceptors (Lipinski definition) is 2. The van der Waals surface area contributed by atoms with Gasteiger partial charge >= 0.3 is 6.03 Å². The van der Waals surface area contributed by atoms with Gasteiger partial charge in [0, 0.05) is 17.8 Å². The van der Waals surface area contributed by atoms with Gasteiger partial charge in [0.25, 0.3) is 0 Å². The van der Waals surface area contributed by atoms with E-state index >= 15 is 0 Å². The molecule has 0 fully saturated rings. The van der Waals surface area contributed by atoms with Gasteiger partial charge in [0.05, 0.1) is 6.07 Å². The zero-order valence-corrected chi connectivity index (χ0v) is 9.82. The molecule has 0 bridgehead atoms. The number of nitrogens with zero attached hydrogens (tertiary/aromatic N) is 2. The molecule has 0 spiro atoms. The first-order valence-electron chi connectivity index (χ1n) is 4.74. The van der Waals surface area contributed by atoms with Crippen molar-refractivity contribution in [3.05, 3.63) is 29.3 Å². The maximum absolute atomic E-state index is 11.6. The van der Waals surface area contributed by atoms with Crippen LogP contribution < -0.4 is 10.2 Å². The molecular weight excluding hydrogens is 226 g/mol. The number of hydrogen-bond donors (Lipinski definition) is 1. The van der Waals surface area contributed by atoms with E-state index in [2.05, 4.69) is 5.32 Å². The maximum Gasteiger partial charge on any atom is 0.322 e. The highest BCUT2D eigenvalue weighted by Gasteiger charge is 2.12. The van der Waals surface area contributed by atoms with E-state index < -0.39 is 6.04 Å². The Kier molecular flexibility index (Phi) is 4.15. The largest absolute Gasteiger partial charge is 0.322 e. The van der Waals surface area contributed by atoms with Crippen LogP contribution >= 0.6 is 11.6 Å². The average Bonchev–Trinajstić information content (AvgIpc) is 2.28. The number of halogens is 1. The Balaban J connectivity index is 2.71. The lowest BCUT2D eigenvalue weighted by molar-refractivity contribution is 0.246. The number of nitrogens with one attached hydrogen (secondary N) is 1. The Morgan fingerprint density at radius 3 is 2.56 bits per heavy atom. The summed E-state index contributed by atoms with van der Waals surface area (Å²) in [7, 11) is 1.63. The van der Waals surface area contributed by atoms with Crippen molar-refractivity contribution >= 4 is 23.3 Å². The summed E-state index contributed by atoms with van der Waals surface area (Å²) in [5.74, 6) is 0. The molecule has 84 valence electrons. The fourth-order valence-corrected chi connectivity index (χ4v) is 1.22. The quantitative estimate of drug-likeness (QED) is 0.859. The summed E-state index contributed by atoms with van der Waals surface area (Å²) in [4.78, 5) is 13.0. The molecule has 4 nitrogen and oxygen atoms in total. The smallest absolute Gasteiger partial charge is 0.322 e. The molecule has 0 saturated carbocycles. The first-order valence-corrected chi connectivity index (χ1v) is 5.12. The lowest BCUT2D eigenvalue weighted by atomic mass is 10.3. The van der Waals surface area contributed by atoms with Crippen molar-refractivity contribution < 1.29 is 4.79 Å². The summed E-state index contributed by atoms with van der Waals surface area (Å²) in [5.41, 5.74) is 0.715. The molecule has 1 atom stereocenters. The fourth-order valence-electron chi connectivity index (χ4n) is 1.10. The van der Waals surface area contributed by atoms with Crippen LogP contribution in [0.4, 0.5) is 10.5 Å². The zero-order chi connectivity index (χ0) is 12.1. The molecule has 5 heteroatoms. The molecule has 1 N–H and O–H groups in total. The van der Waals surface area contributed by atoms with E-state index in [1.807, 2.05) is 6.07 Å². The number of anilines is 1. The van der Waals surface area contributed by atoms with Crippen molar-refractivity contribution in [2.75, 3.05) is 11.9 Å². The number of carbonyl (C=O) groups excluding carboxylic acids is 1. The molecule has 1 aromatic carbocycles. The van der Waals surface area contributed by atoms with Crippen molar-refractivity contribution in [1.82, 2.24) is 5.32 Å². The molecule has 2 amide bonds. The molecule has 0 unspecified atom stereocenters. The van der Waals surface area contributed by atoms with E-state index in [9.17, 15) is 4.79 Å². The average molecular weight is 238 g/mol. The summed E-state index contributed by atoms with van der Waals surface area (Å²) in [5, 5.41) is 11.7. The van der Waals surface area contributed by atoms with Crippen molar-refractivity contribution in [2.24, 2.45) is 0 Å². The van der Waals surface area contributed by atoms with Crippen molar-refractivity contribution in [3.63, 3.8) is 0 Å². The molecule has 0 aliphatic rings. The monoisotopic (exact) mass is 237 g/mol. The molecule has 0 radical (unpaired) electrons.